The lowest BCUT2D eigenvalue weighted by Crippen LogP contribution is -2.18. The van der Waals surface area contributed by atoms with Gasteiger partial charge in [0, 0.05) is 35.3 Å². The van der Waals surface area contributed by atoms with Gasteiger partial charge in [-0.05, 0) is 29.2 Å². The minimum atomic E-state index is -0.211. The van der Waals surface area contributed by atoms with Gasteiger partial charge in [0.25, 0.3) is 5.91 Å². The molecule has 0 aliphatic carbocycles. The van der Waals surface area contributed by atoms with Crippen LogP contribution in [-0.2, 0) is 12.5 Å². The number of carbonyl (C=O) groups is 1. The fraction of sp³-hybridized carbons (Fsp3) is 0.238. The van der Waals surface area contributed by atoms with E-state index in [4.69, 9.17) is 0 Å². The van der Waals surface area contributed by atoms with Gasteiger partial charge < -0.3 is 4.57 Å². The highest BCUT2D eigenvalue weighted by Gasteiger charge is 2.14. The maximum Gasteiger partial charge on any atom is 0.271 e. The third-order valence-corrected chi connectivity index (χ3v) is 4.31. The average Bonchev–Trinajstić information content (AvgIpc) is 2.91. The van der Waals surface area contributed by atoms with Crippen molar-refractivity contribution in [2.75, 3.05) is 0 Å². The Morgan fingerprint density at radius 2 is 1.76 bits per heavy atom. The molecule has 4 nitrogen and oxygen atoms in total. The standard InChI is InChI=1S/C21H23N3O/c1-21(2,3)17-11-9-15(10-12-17)20(25)23-22-13-16-14-24(4)19-8-6-5-7-18(16)19/h5-14H,1-4H3,(H,23,25)/b22-13+. The number of nitrogens with one attached hydrogen (secondary N) is 1. The number of para-hydroxylation sites is 1. The Labute approximate surface area is 148 Å². The van der Waals surface area contributed by atoms with Crippen molar-refractivity contribution in [1.82, 2.24) is 9.99 Å². The maximum atomic E-state index is 12.2. The first-order valence-corrected chi connectivity index (χ1v) is 8.34. The molecule has 0 bridgehead atoms. The molecule has 1 aromatic heterocycles. The van der Waals surface area contributed by atoms with E-state index in [0.717, 1.165) is 16.5 Å². The number of nitrogens with zero attached hydrogens (tertiary/aromatic N) is 2. The van der Waals surface area contributed by atoms with Crippen LogP contribution in [0.5, 0.6) is 0 Å². The fourth-order valence-corrected chi connectivity index (χ4v) is 2.82. The second-order valence-corrected chi connectivity index (χ2v) is 7.24. The third-order valence-electron chi connectivity index (χ3n) is 4.31. The van der Waals surface area contributed by atoms with Crippen molar-refractivity contribution in [3.63, 3.8) is 0 Å². The highest BCUT2D eigenvalue weighted by atomic mass is 16.2. The predicted octanol–water partition coefficient (Wildman–Crippen LogP) is 4.24. The second-order valence-electron chi connectivity index (χ2n) is 7.24. The quantitative estimate of drug-likeness (QED) is 0.565. The summed E-state index contributed by atoms with van der Waals surface area (Å²) < 4.78 is 2.05. The van der Waals surface area contributed by atoms with Crippen LogP contribution in [0.3, 0.4) is 0 Å². The van der Waals surface area contributed by atoms with Gasteiger partial charge in [0.2, 0.25) is 0 Å². The Balaban J connectivity index is 1.72. The maximum absolute atomic E-state index is 12.2. The first-order valence-electron chi connectivity index (χ1n) is 8.34. The normalized spacial score (nSPS) is 12.0. The van der Waals surface area contributed by atoms with E-state index in [9.17, 15) is 4.79 Å². The summed E-state index contributed by atoms with van der Waals surface area (Å²) in [6.45, 7) is 6.45. The molecule has 0 saturated heterocycles. The average molecular weight is 333 g/mol. The van der Waals surface area contributed by atoms with Crippen LogP contribution in [0, 0.1) is 0 Å². The van der Waals surface area contributed by atoms with Gasteiger partial charge in [0.1, 0.15) is 0 Å². The molecule has 128 valence electrons. The monoisotopic (exact) mass is 333 g/mol. The number of rotatable bonds is 3. The van der Waals surface area contributed by atoms with Gasteiger partial charge in [0.05, 0.1) is 6.21 Å². The van der Waals surface area contributed by atoms with Gasteiger partial charge >= 0.3 is 0 Å². The number of aryl methyl sites for hydroxylation is 1. The molecule has 0 aliphatic heterocycles. The van der Waals surface area contributed by atoms with E-state index >= 15 is 0 Å². The van der Waals surface area contributed by atoms with E-state index in [2.05, 4.69) is 37.4 Å². The fourth-order valence-electron chi connectivity index (χ4n) is 2.82. The van der Waals surface area contributed by atoms with Gasteiger partial charge in [-0.15, -0.1) is 0 Å². The number of fused-ring (bicyclic) bond motifs is 1. The van der Waals surface area contributed by atoms with Crippen LogP contribution in [0.25, 0.3) is 10.9 Å². The number of benzene rings is 2. The molecule has 0 spiro atoms. The summed E-state index contributed by atoms with van der Waals surface area (Å²) in [5.74, 6) is -0.211. The summed E-state index contributed by atoms with van der Waals surface area (Å²) in [6.07, 6.45) is 3.68. The molecular weight excluding hydrogens is 310 g/mol. The zero-order chi connectivity index (χ0) is 18.0. The molecule has 25 heavy (non-hydrogen) atoms. The number of aromatic nitrogens is 1. The topological polar surface area (TPSA) is 46.4 Å². The summed E-state index contributed by atoms with van der Waals surface area (Å²) in [5.41, 5.74) is 6.58. The number of hydrogen-bond donors (Lipinski definition) is 1. The minimum absolute atomic E-state index is 0.0710. The van der Waals surface area contributed by atoms with Crippen LogP contribution in [0.1, 0.15) is 42.3 Å². The van der Waals surface area contributed by atoms with Gasteiger partial charge in [-0.3, -0.25) is 4.79 Å². The summed E-state index contributed by atoms with van der Waals surface area (Å²) in [7, 11) is 2.00. The third kappa shape index (κ3) is 3.63. The van der Waals surface area contributed by atoms with Gasteiger partial charge in [-0.1, -0.05) is 51.1 Å². The first-order chi connectivity index (χ1) is 11.9. The number of carbonyl (C=O) groups excluding carboxylic acids is 1. The Morgan fingerprint density at radius 1 is 1.08 bits per heavy atom. The molecule has 0 saturated carbocycles. The largest absolute Gasteiger partial charge is 0.350 e. The lowest BCUT2D eigenvalue weighted by atomic mass is 9.87. The van der Waals surface area contributed by atoms with Gasteiger partial charge in [-0.2, -0.15) is 5.10 Å². The number of hydrazone groups is 1. The van der Waals surface area contributed by atoms with Crippen molar-refractivity contribution >= 4 is 23.0 Å². The number of amides is 1. The van der Waals surface area contributed by atoms with Crippen LogP contribution in [-0.4, -0.2) is 16.7 Å². The lowest BCUT2D eigenvalue weighted by Gasteiger charge is -2.18. The zero-order valence-corrected chi connectivity index (χ0v) is 15.1. The number of hydrogen-bond acceptors (Lipinski definition) is 2. The van der Waals surface area contributed by atoms with Crippen LogP contribution in [0.2, 0.25) is 0 Å². The van der Waals surface area contributed by atoms with Gasteiger partial charge in [-0.25, -0.2) is 5.43 Å². The molecule has 3 rings (SSSR count). The van der Waals surface area contributed by atoms with Crippen LogP contribution < -0.4 is 5.43 Å². The van der Waals surface area contributed by atoms with Crippen molar-refractivity contribution in [1.29, 1.82) is 0 Å². The van der Waals surface area contributed by atoms with Crippen molar-refractivity contribution in [3.8, 4) is 0 Å². The Morgan fingerprint density at radius 3 is 2.44 bits per heavy atom. The molecule has 4 heteroatoms. The summed E-state index contributed by atoms with van der Waals surface area (Å²) in [4.78, 5) is 12.2. The first kappa shape index (κ1) is 17.0. The van der Waals surface area contributed by atoms with E-state index in [1.165, 1.54) is 5.56 Å². The second kappa shape index (κ2) is 6.55. The van der Waals surface area contributed by atoms with Crippen LogP contribution in [0.4, 0.5) is 0 Å². The highest BCUT2D eigenvalue weighted by molar-refractivity contribution is 6.00. The van der Waals surface area contributed by atoms with Crippen molar-refractivity contribution in [2.24, 2.45) is 12.1 Å². The molecule has 0 radical (unpaired) electrons. The van der Waals surface area contributed by atoms with E-state index in [-0.39, 0.29) is 11.3 Å². The molecule has 0 unspecified atom stereocenters. The smallest absolute Gasteiger partial charge is 0.271 e. The highest BCUT2D eigenvalue weighted by Crippen LogP contribution is 2.22. The Hall–Kier alpha value is -2.88. The molecule has 2 aromatic carbocycles. The molecule has 1 N–H and O–H groups in total. The van der Waals surface area contributed by atoms with Gasteiger partial charge in [0.15, 0.2) is 0 Å². The lowest BCUT2D eigenvalue weighted by molar-refractivity contribution is 0.0955. The van der Waals surface area contributed by atoms with Crippen molar-refractivity contribution < 1.29 is 4.79 Å². The molecule has 3 aromatic rings. The SMILES string of the molecule is Cn1cc(/C=N/NC(=O)c2ccc(C(C)(C)C)cc2)c2ccccc21. The summed E-state index contributed by atoms with van der Waals surface area (Å²) in [6, 6.07) is 15.8. The molecule has 1 heterocycles. The molecule has 0 aliphatic rings. The summed E-state index contributed by atoms with van der Waals surface area (Å²) >= 11 is 0. The van der Waals surface area contributed by atoms with Crippen LogP contribution in [0.15, 0.2) is 59.8 Å². The van der Waals surface area contributed by atoms with E-state index in [1.54, 1.807) is 6.21 Å². The molecule has 0 atom stereocenters. The van der Waals surface area contributed by atoms with E-state index in [1.807, 2.05) is 60.3 Å². The van der Waals surface area contributed by atoms with E-state index in [0.29, 0.717) is 5.56 Å². The summed E-state index contributed by atoms with van der Waals surface area (Å²) in [5, 5.41) is 5.22. The minimum Gasteiger partial charge on any atom is -0.350 e. The van der Waals surface area contributed by atoms with Crippen molar-refractivity contribution in [3.05, 3.63) is 71.4 Å². The van der Waals surface area contributed by atoms with Crippen molar-refractivity contribution in [2.45, 2.75) is 26.2 Å². The molecule has 1 amide bonds. The van der Waals surface area contributed by atoms with Crippen LogP contribution >= 0.6 is 0 Å². The molecular formula is C21H23N3O. The Kier molecular flexibility index (Phi) is 4.45. The molecule has 0 fully saturated rings. The Bertz CT molecular complexity index is 928. The van der Waals surface area contributed by atoms with E-state index < -0.39 is 0 Å². The predicted molar refractivity (Wildman–Crippen MR) is 103 cm³/mol. The zero-order valence-electron chi connectivity index (χ0n) is 15.1.